The molecule has 2 heterocycles. The van der Waals surface area contributed by atoms with E-state index >= 15 is 0 Å². The summed E-state index contributed by atoms with van der Waals surface area (Å²) in [6.45, 7) is 3.82. The van der Waals surface area contributed by atoms with Crippen LogP contribution in [0.25, 0.3) is 21.8 Å². The van der Waals surface area contributed by atoms with Crippen molar-refractivity contribution in [3.05, 3.63) is 66.4 Å². The lowest BCUT2D eigenvalue weighted by atomic mass is 9.86. The summed E-state index contributed by atoms with van der Waals surface area (Å²) in [7, 11) is 1.14. The van der Waals surface area contributed by atoms with E-state index in [9.17, 15) is 19.2 Å². The molecule has 0 amide bonds. The highest BCUT2D eigenvalue weighted by Gasteiger charge is 2.48. The maximum absolute atomic E-state index is 13.5. The zero-order valence-corrected chi connectivity index (χ0v) is 20.4. The summed E-state index contributed by atoms with van der Waals surface area (Å²) < 4.78 is 20.9. The molecule has 0 spiro atoms. The third-order valence-corrected chi connectivity index (χ3v) is 5.56. The Morgan fingerprint density at radius 3 is 1.76 bits per heavy atom. The van der Waals surface area contributed by atoms with Gasteiger partial charge in [0.1, 0.15) is 11.0 Å². The number of carbonyl (C=O) groups is 4. The number of fused-ring (bicyclic) bond motifs is 2. The molecule has 1 unspecified atom stereocenters. The number of ether oxygens (including phenoxy) is 4. The highest BCUT2D eigenvalue weighted by atomic mass is 16.6. The average Bonchev–Trinajstić information content (AvgIpc) is 2.87. The Morgan fingerprint density at radius 2 is 1.22 bits per heavy atom. The van der Waals surface area contributed by atoms with Crippen molar-refractivity contribution in [3.63, 3.8) is 0 Å². The third-order valence-electron chi connectivity index (χ3n) is 5.56. The largest absolute Gasteiger partial charge is 0.468 e. The lowest BCUT2D eigenvalue weighted by Crippen LogP contribution is -2.45. The summed E-state index contributed by atoms with van der Waals surface area (Å²) in [4.78, 5) is 58.2. The van der Waals surface area contributed by atoms with Crippen molar-refractivity contribution in [2.75, 3.05) is 7.11 Å². The third kappa shape index (κ3) is 4.94. The van der Waals surface area contributed by atoms with Gasteiger partial charge in [-0.15, -0.1) is 0 Å². The number of nitrogens with zero attached hydrogens (tertiary/aromatic N) is 2. The molecule has 10 nitrogen and oxygen atoms in total. The van der Waals surface area contributed by atoms with Gasteiger partial charge in [-0.05, 0) is 31.2 Å². The van der Waals surface area contributed by atoms with Gasteiger partial charge in [-0.2, -0.15) is 0 Å². The Morgan fingerprint density at radius 1 is 0.676 bits per heavy atom. The quantitative estimate of drug-likeness (QED) is 0.219. The summed E-state index contributed by atoms with van der Waals surface area (Å²) in [6, 6.07) is 16.2. The lowest BCUT2D eigenvalue weighted by Gasteiger charge is -2.24. The number of hydrogen-bond donors (Lipinski definition) is 0. The molecule has 2 aromatic carbocycles. The number of para-hydroxylation sites is 2. The molecule has 0 fully saturated rings. The molecule has 188 valence electrons. The predicted octanol–water partition coefficient (Wildman–Crippen LogP) is 3.67. The van der Waals surface area contributed by atoms with Gasteiger partial charge in [0.2, 0.25) is 11.3 Å². The van der Waals surface area contributed by atoms with E-state index in [0.29, 0.717) is 10.8 Å². The second-order valence-corrected chi connectivity index (χ2v) is 8.20. The molecule has 37 heavy (non-hydrogen) atoms. The normalized spacial score (nSPS) is 12.4. The maximum atomic E-state index is 13.5. The fraction of sp³-hybridized carbons (Fsp3) is 0.185. The van der Waals surface area contributed by atoms with Gasteiger partial charge in [-0.1, -0.05) is 30.3 Å². The number of aromatic nitrogens is 2. The molecular formula is C27H22N2O8. The van der Waals surface area contributed by atoms with E-state index in [1.807, 2.05) is 0 Å². The van der Waals surface area contributed by atoms with E-state index in [-0.39, 0.29) is 34.1 Å². The van der Waals surface area contributed by atoms with Crippen molar-refractivity contribution in [3.8, 4) is 17.4 Å². The monoisotopic (exact) mass is 502 g/mol. The number of rotatable bonds is 6. The average molecular weight is 502 g/mol. The minimum atomic E-state index is -2.00. The number of esters is 4. The van der Waals surface area contributed by atoms with Gasteiger partial charge in [-0.3, -0.25) is 14.4 Å². The van der Waals surface area contributed by atoms with E-state index in [1.165, 1.54) is 32.9 Å². The molecule has 0 bridgehead atoms. The second-order valence-electron chi connectivity index (χ2n) is 8.20. The van der Waals surface area contributed by atoms with Crippen molar-refractivity contribution < 1.29 is 38.1 Å². The first-order valence-electron chi connectivity index (χ1n) is 11.1. The van der Waals surface area contributed by atoms with Crippen LogP contribution in [0.5, 0.6) is 17.4 Å². The van der Waals surface area contributed by atoms with Crippen molar-refractivity contribution in [2.45, 2.75) is 26.2 Å². The summed E-state index contributed by atoms with van der Waals surface area (Å²) >= 11 is 0. The van der Waals surface area contributed by atoms with Crippen LogP contribution in [0, 0.1) is 0 Å². The highest BCUT2D eigenvalue weighted by Crippen LogP contribution is 2.32. The zero-order valence-electron chi connectivity index (χ0n) is 20.4. The standard InChI is InChI=1S/C27H22N2O8/c1-15(30)35-19-9-5-7-17-11-13-21(28-23(17)19)27(3,25(32)34-4)26(33)37-22-14-12-18-8-6-10-20(24(18)29-22)36-16(2)31/h5-14H,1-4H3. The second kappa shape index (κ2) is 10.0. The van der Waals surface area contributed by atoms with Crippen molar-refractivity contribution in [1.82, 2.24) is 9.97 Å². The van der Waals surface area contributed by atoms with Crippen molar-refractivity contribution in [2.24, 2.45) is 0 Å². The van der Waals surface area contributed by atoms with Crippen LogP contribution in [-0.2, 0) is 29.3 Å². The van der Waals surface area contributed by atoms with E-state index < -0.39 is 29.3 Å². The fourth-order valence-electron chi connectivity index (χ4n) is 3.73. The Balaban J connectivity index is 1.77. The van der Waals surface area contributed by atoms with Crippen molar-refractivity contribution >= 4 is 45.7 Å². The summed E-state index contributed by atoms with van der Waals surface area (Å²) in [5.41, 5.74) is -1.43. The lowest BCUT2D eigenvalue weighted by molar-refractivity contribution is -0.157. The molecule has 0 radical (unpaired) electrons. The Hall–Kier alpha value is -4.86. The number of carbonyl (C=O) groups excluding carboxylic acids is 4. The van der Waals surface area contributed by atoms with Gasteiger partial charge in [-0.25, -0.2) is 14.8 Å². The smallest absolute Gasteiger partial charge is 0.336 e. The molecule has 1 atom stereocenters. The minimum Gasteiger partial charge on any atom is -0.468 e. The first-order valence-corrected chi connectivity index (χ1v) is 11.1. The van der Waals surface area contributed by atoms with Gasteiger partial charge in [0, 0.05) is 30.7 Å². The topological polar surface area (TPSA) is 131 Å². The highest BCUT2D eigenvalue weighted by molar-refractivity contribution is 6.06. The van der Waals surface area contributed by atoms with Gasteiger partial charge < -0.3 is 18.9 Å². The number of methoxy groups -OCH3 is 1. The molecule has 4 rings (SSSR count). The number of pyridine rings is 2. The summed E-state index contributed by atoms with van der Waals surface area (Å²) in [5, 5.41) is 1.26. The van der Waals surface area contributed by atoms with Gasteiger partial charge in [0.05, 0.1) is 12.8 Å². The van der Waals surface area contributed by atoms with Crippen LogP contribution in [0.3, 0.4) is 0 Å². The molecule has 0 aliphatic carbocycles. The molecule has 2 aromatic heterocycles. The molecule has 0 aliphatic heterocycles. The molecule has 0 aliphatic rings. The van der Waals surface area contributed by atoms with E-state index in [0.717, 1.165) is 7.11 Å². The van der Waals surface area contributed by atoms with E-state index in [2.05, 4.69) is 9.97 Å². The minimum absolute atomic E-state index is 0.0119. The van der Waals surface area contributed by atoms with Crippen LogP contribution in [0.2, 0.25) is 0 Å². The molecule has 4 aromatic rings. The van der Waals surface area contributed by atoms with E-state index in [4.69, 9.17) is 18.9 Å². The van der Waals surface area contributed by atoms with Gasteiger partial charge >= 0.3 is 23.9 Å². The number of hydrogen-bond acceptors (Lipinski definition) is 10. The summed E-state index contributed by atoms with van der Waals surface area (Å²) in [6.07, 6.45) is 0. The first kappa shape index (κ1) is 25.2. The van der Waals surface area contributed by atoms with Gasteiger partial charge in [0.15, 0.2) is 11.5 Å². The maximum Gasteiger partial charge on any atom is 0.336 e. The molecule has 0 saturated carbocycles. The van der Waals surface area contributed by atoms with Crippen LogP contribution in [0.15, 0.2) is 60.7 Å². The first-order chi connectivity index (χ1) is 17.6. The summed E-state index contributed by atoms with van der Waals surface area (Å²) in [5.74, 6) is -2.79. The Kier molecular flexibility index (Phi) is 6.83. The molecular weight excluding hydrogens is 480 g/mol. The van der Waals surface area contributed by atoms with Crippen LogP contribution in [0.1, 0.15) is 26.5 Å². The van der Waals surface area contributed by atoms with E-state index in [1.54, 1.807) is 48.5 Å². The van der Waals surface area contributed by atoms with Crippen LogP contribution < -0.4 is 14.2 Å². The molecule has 10 heteroatoms. The van der Waals surface area contributed by atoms with Crippen LogP contribution >= 0.6 is 0 Å². The van der Waals surface area contributed by atoms with Crippen LogP contribution in [0.4, 0.5) is 0 Å². The SMILES string of the molecule is COC(=O)C(C)(C(=O)Oc1ccc2cccc(OC(C)=O)c2n1)c1ccc2cccc(OC(C)=O)c2n1. The van der Waals surface area contributed by atoms with Crippen LogP contribution in [-0.4, -0.2) is 41.0 Å². The fourth-order valence-corrected chi connectivity index (χ4v) is 3.73. The zero-order chi connectivity index (χ0) is 26.7. The number of benzene rings is 2. The van der Waals surface area contributed by atoms with Crippen molar-refractivity contribution in [1.29, 1.82) is 0 Å². The predicted molar refractivity (Wildman–Crippen MR) is 131 cm³/mol. The Labute approximate surface area is 211 Å². The Bertz CT molecular complexity index is 1570. The van der Waals surface area contributed by atoms with Gasteiger partial charge in [0.25, 0.3) is 0 Å². The molecule has 0 saturated heterocycles. The molecule has 0 N–H and O–H groups in total.